The second-order valence-corrected chi connectivity index (χ2v) is 10.6. The van der Waals surface area contributed by atoms with Crippen LogP contribution in [0.4, 0.5) is 0 Å². The highest BCUT2D eigenvalue weighted by Gasteiger charge is 2.50. The zero-order valence-corrected chi connectivity index (χ0v) is 18.0. The fourth-order valence-corrected chi connectivity index (χ4v) is 6.13. The molecule has 0 aliphatic carbocycles. The van der Waals surface area contributed by atoms with Crippen LogP contribution in [0.3, 0.4) is 0 Å². The van der Waals surface area contributed by atoms with E-state index < -0.39 is 10.0 Å². The molecule has 2 aromatic heterocycles. The number of nitrogens with zero attached hydrogens (tertiary/aromatic N) is 4. The summed E-state index contributed by atoms with van der Waals surface area (Å²) in [5, 5.41) is 10.2. The van der Waals surface area contributed by atoms with Crippen LogP contribution in [-0.2, 0) is 16.6 Å². The number of pyridine rings is 1. The first-order valence-corrected chi connectivity index (χ1v) is 11.6. The van der Waals surface area contributed by atoms with Gasteiger partial charge in [-0.25, -0.2) is 13.4 Å². The SMILES string of the molecule is CN1CCC2(C1)CN(S(=O)(=O)c1ccc(CNC(=O)c3cnc4[nH]ncc4c3)cc1)C2. The van der Waals surface area contributed by atoms with Crippen molar-refractivity contribution in [2.24, 2.45) is 5.41 Å². The molecule has 5 rings (SSSR count). The molecule has 2 saturated heterocycles. The van der Waals surface area contributed by atoms with Crippen molar-refractivity contribution in [2.75, 3.05) is 33.2 Å². The molecule has 0 saturated carbocycles. The van der Waals surface area contributed by atoms with Gasteiger partial charge < -0.3 is 10.2 Å². The van der Waals surface area contributed by atoms with Crippen molar-refractivity contribution in [3.63, 3.8) is 0 Å². The average Bonchev–Trinajstić information content (AvgIpc) is 3.37. The van der Waals surface area contributed by atoms with E-state index in [0.717, 1.165) is 30.5 Å². The number of aromatic nitrogens is 3. The van der Waals surface area contributed by atoms with Gasteiger partial charge in [0.1, 0.15) is 0 Å². The molecule has 1 aromatic carbocycles. The van der Waals surface area contributed by atoms with E-state index in [1.165, 1.54) is 6.20 Å². The monoisotopic (exact) mass is 440 g/mol. The van der Waals surface area contributed by atoms with E-state index in [9.17, 15) is 13.2 Å². The molecular formula is C21H24N6O3S. The topological polar surface area (TPSA) is 111 Å². The lowest BCUT2D eigenvalue weighted by molar-refractivity contribution is 0.0812. The first kappa shape index (κ1) is 20.1. The van der Waals surface area contributed by atoms with Gasteiger partial charge in [-0.05, 0) is 43.8 Å². The number of benzene rings is 1. The van der Waals surface area contributed by atoms with Crippen LogP contribution in [0.15, 0.2) is 47.6 Å². The van der Waals surface area contributed by atoms with E-state index in [0.29, 0.717) is 35.7 Å². The van der Waals surface area contributed by atoms with Crippen LogP contribution in [0.5, 0.6) is 0 Å². The van der Waals surface area contributed by atoms with Crippen molar-refractivity contribution in [3.8, 4) is 0 Å². The molecule has 10 heteroatoms. The predicted octanol–water partition coefficient (Wildman–Crippen LogP) is 1.21. The Morgan fingerprint density at radius 1 is 1.19 bits per heavy atom. The Hall–Kier alpha value is -2.82. The second-order valence-electron chi connectivity index (χ2n) is 8.62. The summed E-state index contributed by atoms with van der Waals surface area (Å²) in [5.41, 5.74) is 2.02. The zero-order valence-electron chi connectivity index (χ0n) is 17.2. The molecule has 2 aliphatic heterocycles. The lowest BCUT2D eigenvalue weighted by atomic mass is 9.81. The molecule has 31 heavy (non-hydrogen) atoms. The minimum absolute atomic E-state index is 0.125. The molecule has 9 nitrogen and oxygen atoms in total. The molecule has 1 amide bonds. The van der Waals surface area contributed by atoms with E-state index in [-0.39, 0.29) is 11.3 Å². The number of carbonyl (C=O) groups is 1. The summed E-state index contributed by atoms with van der Waals surface area (Å²) in [6, 6.07) is 8.43. The van der Waals surface area contributed by atoms with Gasteiger partial charge in [0.25, 0.3) is 5.91 Å². The average molecular weight is 441 g/mol. The minimum atomic E-state index is -3.48. The normalized spacial score (nSPS) is 19.0. The Morgan fingerprint density at radius 2 is 1.97 bits per heavy atom. The number of hydrogen-bond donors (Lipinski definition) is 2. The fraction of sp³-hybridized carbons (Fsp3) is 0.381. The first-order valence-electron chi connectivity index (χ1n) is 10.2. The molecule has 0 unspecified atom stereocenters. The van der Waals surface area contributed by atoms with Crippen LogP contribution < -0.4 is 5.32 Å². The molecule has 1 spiro atoms. The third-order valence-corrected chi connectivity index (χ3v) is 8.03. The molecule has 2 aliphatic rings. The fourth-order valence-electron chi connectivity index (χ4n) is 4.46. The summed E-state index contributed by atoms with van der Waals surface area (Å²) < 4.78 is 27.4. The van der Waals surface area contributed by atoms with Crippen LogP contribution >= 0.6 is 0 Å². The Balaban J connectivity index is 1.20. The van der Waals surface area contributed by atoms with E-state index >= 15 is 0 Å². The highest BCUT2D eigenvalue weighted by molar-refractivity contribution is 7.89. The third-order valence-electron chi connectivity index (χ3n) is 6.22. The third kappa shape index (κ3) is 3.71. The largest absolute Gasteiger partial charge is 0.348 e. The van der Waals surface area contributed by atoms with Crippen LogP contribution in [0.2, 0.25) is 0 Å². The number of rotatable bonds is 5. The van der Waals surface area contributed by atoms with E-state index in [2.05, 4.69) is 32.4 Å². The highest BCUT2D eigenvalue weighted by atomic mass is 32.2. The maximum absolute atomic E-state index is 12.9. The number of amides is 1. The smallest absolute Gasteiger partial charge is 0.253 e. The van der Waals surface area contributed by atoms with Gasteiger partial charge in [-0.3, -0.25) is 9.89 Å². The summed E-state index contributed by atoms with van der Waals surface area (Å²) in [6.07, 6.45) is 4.16. The van der Waals surface area contributed by atoms with E-state index in [1.807, 2.05) is 0 Å². The Morgan fingerprint density at radius 3 is 2.68 bits per heavy atom. The first-order chi connectivity index (χ1) is 14.8. The van der Waals surface area contributed by atoms with Gasteiger partial charge in [0.2, 0.25) is 10.0 Å². The molecule has 2 N–H and O–H groups in total. The summed E-state index contributed by atoms with van der Waals surface area (Å²) in [7, 11) is -1.40. The number of hydrogen-bond acceptors (Lipinski definition) is 6. The number of aromatic amines is 1. The number of likely N-dealkylation sites (tertiary alicyclic amines) is 1. The quantitative estimate of drug-likeness (QED) is 0.617. The lowest BCUT2D eigenvalue weighted by Gasteiger charge is -2.46. The molecule has 3 aromatic rings. The maximum atomic E-state index is 12.9. The van der Waals surface area contributed by atoms with Crippen LogP contribution in [0.25, 0.3) is 11.0 Å². The Bertz CT molecular complexity index is 1230. The number of nitrogens with one attached hydrogen (secondary N) is 2. The number of fused-ring (bicyclic) bond motifs is 1. The van der Waals surface area contributed by atoms with Crippen molar-refractivity contribution >= 4 is 27.0 Å². The number of carbonyl (C=O) groups excluding carboxylic acids is 1. The Kier molecular flexibility index (Phi) is 4.80. The molecule has 2 fully saturated rings. The van der Waals surface area contributed by atoms with Gasteiger partial charge in [-0.15, -0.1) is 0 Å². The second kappa shape index (κ2) is 7.40. The standard InChI is InChI=1S/C21H24N6O3S/c1-26-7-6-21(12-26)13-27(14-21)31(29,30)18-4-2-15(3-5-18)9-23-20(28)17-8-16-11-24-25-19(16)22-10-17/h2-5,8,10-11H,6-7,9,12-14H2,1H3,(H,23,28)(H,22,24,25). The van der Waals surface area contributed by atoms with Gasteiger partial charge in [-0.1, -0.05) is 12.1 Å². The summed E-state index contributed by atoms with van der Waals surface area (Å²) >= 11 is 0. The lowest BCUT2D eigenvalue weighted by Crippen LogP contribution is -2.59. The van der Waals surface area contributed by atoms with Crippen LogP contribution in [0, 0.1) is 5.41 Å². The predicted molar refractivity (Wildman–Crippen MR) is 115 cm³/mol. The highest BCUT2D eigenvalue weighted by Crippen LogP contribution is 2.41. The van der Waals surface area contributed by atoms with Crippen LogP contribution in [-0.4, -0.2) is 71.9 Å². The summed E-state index contributed by atoms with van der Waals surface area (Å²) in [6.45, 7) is 3.46. The van der Waals surface area contributed by atoms with Gasteiger partial charge in [0, 0.05) is 43.2 Å². The van der Waals surface area contributed by atoms with Crippen LogP contribution in [0.1, 0.15) is 22.3 Å². The Labute approximate surface area is 180 Å². The van der Waals surface area contributed by atoms with Crippen molar-refractivity contribution in [1.29, 1.82) is 0 Å². The molecule has 0 bridgehead atoms. The van der Waals surface area contributed by atoms with Crippen molar-refractivity contribution in [1.82, 2.24) is 29.7 Å². The molecular weight excluding hydrogens is 416 g/mol. The minimum Gasteiger partial charge on any atom is -0.348 e. The molecule has 4 heterocycles. The maximum Gasteiger partial charge on any atom is 0.253 e. The summed E-state index contributed by atoms with van der Waals surface area (Å²) in [5.74, 6) is -0.250. The van der Waals surface area contributed by atoms with Crippen molar-refractivity contribution in [3.05, 3.63) is 53.9 Å². The molecule has 0 radical (unpaired) electrons. The van der Waals surface area contributed by atoms with Crippen molar-refractivity contribution in [2.45, 2.75) is 17.9 Å². The molecule has 0 atom stereocenters. The van der Waals surface area contributed by atoms with Gasteiger partial charge in [-0.2, -0.15) is 9.40 Å². The van der Waals surface area contributed by atoms with Gasteiger partial charge in [0.05, 0.1) is 16.7 Å². The number of H-pyrrole nitrogens is 1. The summed E-state index contributed by atoms with van der Waals surface area (Å²) in [4.78, 5) is 19.1. The number of sulfonamides is 1. The van der Waals surface area contributed by atoms with Crippen molar-refractivity contribution < 1.29 is 13.2 Å². The van der Waals surface area contributed by atoms with E-state index in [1.54, 1.807) is 40.8 Å². The van der Waals surface area contributed by atoms with Gasteiger partial charge >= 0.3 is 0 Å². The molecule has 162 valence electrons. The van der Waals surface area contributed by atoms with Gasteiger partial charge in [0.15, 0.2) is 5.65 Å². The zero-order chi connectivity index (χ0) is 21.6. The van der Waals surface area contributed by atoms with E-state index in [4.69, 9.17) is 0 Å².